The third-order valence-corrected chi connectivity index (χ3v) is 2.24. The minimum Gasteiger partial charge on any atom is -0.494 e. The molecule has 0 spiro atoms. The molecule has 0 aliphatic carbocycles. The van der Waals surface area contributed by atoms with Crippen LogP contribution in [0.3, 0.4) is 0 Å². The summed E-state index contributed by atoms with van der Waals surface area (Å²) in [7, 11) is 0. The lowest BCUT2D eigenvalue weighted by molar-refractivity contribution is -0.384. The van der Waals surface area contributed by atoms with Gasteiger partial charge in [-0.2, -0.15) is 0 Å². The number of carbonyl (C=O) groups is 1. The van der Waals surface area contributed by atoms with E-state index in [1.807, 2.05) is 0 Å². The standard InChI is InChI=1S/C12H15NO4/c1-10(14)4-2-3-9-17-12-7-5-11(6-8-12)13(15)16/h5-8H,2-4,9H2,1H3. The third kappa shape index (κ3) is 5.10. The number of benzene rings is 1. The van der Waals surface area contributed by atoms with Gasteiger partial charge in [0.2, 0.25) is 0 Å². The lowest BCUT2D eigenvalue weighted by Gasteiger charge is -2.04. The fourth-order valence-corrected chi connectivity index (χ4v) is 1.33. The molecule has 0 N–H and O–H groups in total. The van der Waals surface area contributed by atoms with Gasteiger partial charge in [0.25, 0.3) is 5.69 Å². The maximum atomic E-state index is 10.7. The van der Waals surface area contributed by atoms with Crippen LogP contribution in [0.1, 0.15) is 26.2 Å². The van der Waals surface area contributed by atoms with Crippen LogP contribution in [0.5, 0.6) is 5.75 Å². The van der Waals surface area contributed by atoms with Crippen LogP contribution in [0.4, 0.5) is 5.69 Å². The van der Waals surface area contributed by atoms with Crippen molar-refractivity contribution in [3.8, 4) is 5.75 Å². The molecule has 0 bridgehead atoms. The Bertz CT molecular complexity index is 386. The number of non-ortho nitro benzene ring substituents is 1. The summed E-state index contributed by atoms with van der Waals surface area (Å²) < 4.78 is 5.39. The second-order valence-electron chi connectivity index (χ2n) is 3.76. The van der Waals surface area contributed by atoms with Gasteiger partial charge in [0.15, 0.2) is 0 Å². The molecule has 0 atom stereocenters. The van der Waals surface area contributed by atoms with E-state index in [0.717, 1.165) is 12.8 Å². The van der Waals surface area contributed by atoms with Crippen LogP contribution in [-0.4, -0.2) is 17.3 Å². The molecule has 0 radical (unpaired) electrons. The second-order valence-corrected chi connectivity index (χ2v) is 3.76. The molecule has 5 heteroatoms. The van der Waals surface area contributed by atoms with Gasteiger partial charge in [-0.3, -0.25) is 10.1 Å². The number of nitro groups is 1. The third-order valence-electron chi connectivity index (χ3n) is 2.24. The van der Waals surface area contributed by atoms with Gasteiger partial charge in [0.05, 0.1) is 11.5 Å². The molecule has 0 saturated heterocycles. The number of hydrogen-bond acceptors (Lipinski definition) is 4. The fourth-order valence-electron chi connectivity index (χ4n) is 1.33. The van der Waals surface area contributed by atoms with E-state index in [4.69, 9.17) is 4.74 Å². The number of nitrogens with zero attached hydrogens (tertiary/aromatic N) is 1. The Morgan fingerprint density at radius 1 is 1.29 bits per heavy atom. The van der Waals surface area contributed by atoms with Gasteiger partial charge >= 0.3 is 0 Å². The molecule has 5 nitrogen and oxygen atoms in total. The highest BCUT2D eigenvalue weighted by Crippen LogP contribution is 2.17. The first-order valence-corrected chi connectivity index (χ1v) is 5.46. The zero-order chi connectivity index (χ0) is 12.7. The molecule has 0 saturated carbocycles. The summed E-state index contributed by atoms with van der Waals surface area (Å²) in [5.41, 5.74) is 0.0499. The Morgan fingerprint density at radius 3 is 2.47 bits per heavy atom. The van der Waals surface area contributed by atoms with Crippen LogP contribution >= 0.6 is 0 Å². The molecule has 0 amide bonds. The average Bonchev–Trinajstić information content (AvgIpc) is 2.29. The zero-order valence-electron chi connectivity index (χ0n) is 9.72. The van der Waals surface area contributed by atoms with E-state index in [9.17, 15) is 14.9 Å². The maximum Gasteiger partial charge on any atom is 0.269 e. The summed E-state index contributed by atoms with van der Waals surface area (Å²) in [6, 6.07) is 5.96. The van der Waals surface area contributed by atoms with Gasteiger partial charge in [-0.05, 0) is 31.9 Å². The predicted molar refractivity (Wildman–Crippen MR) is 63.1 cm³/mol. The molecule has 1 aromatic carbocycles. The highest BCUT2D eigenvalue weighted by Gasteiger charge is 2.04. The first-order valence-electron chi connectivity index (χ1n) is 5.46. The predicted octanol–water partition coefficient (Wildman–Crippen LogP) is 2.73. The summed E-state index contributed by atoms with van der Waals surface area (Å²) in [4.78, 5) is 20.6. The molecule has 17 heavy (non-hydrogen) atoms. The fraction of sp³-hybridized carbons (Fsp3) is 0.417. The van der Waals surface area contributed by atoms with E-state index in [-0.39, 0.29) is 11.5 Å². The molecular weight excluding hydrogens is 222 g/mol. The van der Waals surface area contributed by atoms with Crippen LogP contribution in [-0.2, 0) is 4.79 Å². The van der Waals surface area contributed by atoms with Crippen molar-refractivity contribution in [3.63, 3.8) is 0 Å². The first kappa shape index (κ1) is 13.2. The molecule has 0 unspecified atom stereocenters. The van der Waals surface area contributed by atoms with E-state index in [1.165, 1.54) is 12.1 Å². The number of nitro benzene ring substituents is 1. The van der Waals surface area contributed by atoms with Gasteiger partial charge in [-0.1, -0.05) is 0 Å². The number of ether oxygens (including phenoxy) is 1. The van der Waals surface area contributed by atoms with Crippen molar-refractivity contribution in [2.45, 2.75) is 26.2 Å². The van der Waals surface area contributed by atoms with Crippen LogP contribution in [0.2, 0.25) is 0 Å². The van der Waals surface area contributed by atoms with E-state index in [2.05, 4.69) is 0 Å². The summed E-state index contributed by atoms with van der Waals surface area (Å²) in [5.74, 6) is 0.791. The molecule has 0 fully saturated rings. The number of carbonyl (C=O) groups excluding carboxylic acids is 1. The van der Waals surface area contributed by atoms with Crippen LogP contribution < -0.4 is 4.74 Å². The molecule has 92 valence electrons. The highest BCUT2D eigenvalue weighted by molar-refractivity contribution is 5.75. The number of Topliss-reactive ketones (excluding diaryl/α,β-unsaturated/α-hetero) is 1. The summed E-state index contributed by atoms with van der Waals surface area (Å²) in [5, 5.41) is 10.4. The Balaban J connectivity index is 2.27. The minimum absolute atomic E-state index is 0.0499. The number of rotatable bonds is 7. The second kappa shape index (κ2) is 6.62. The van der Waals surface area contributed by atoms with Crippen LogP contribution in [0.25, 0.3) is 0 Å². The molecule has 0 heterocycles. The summed E-state index contributed by atoms with van der Waals surface area (Å²) >= 11 is 0. The van der Waals surface area contributed by atoms with Crippen molar-refractivity contribution in [2.24, 2.45) is 0 Å². The van der Waals surface area contributed by atoms with Gasteiger partial charge in [-0.15, -0.1) is 0 Å². The zero-order valence-corrected chi connectivity index (χ0v) is 9.72. The van der Waals surface area contributed by atoms with Crippen molar-refractivity contribution in [1.82, 2.24) is 0 Å². The Labute approximate surface area is 99.5 Å². The Morgan fingerprint density at radius 2 is 1.94 bits per heavy atom. The Hall–Kier alpha value is -1.91. The topological polar surface area (TPSA) is 69.4 Å². The minimum atomic E-state index is -0.448. The highest BCUT2D eigenvalue weighted by atomic mass is 16.6. The van der Waals surface area contributed by atoms with Crippen LogP contribution in [0, 0.1) is 10.1 Å². The number of hydrogen-bond donors (Lipinski definition) is 0. The normalized spacial score (nSPS) is 9.94. The average molecular weight is 237 g/mol. The van der Waals surface area contributed by atoms with Crippen molar-refractivity contribution in [1.29, 1.82) is 0 Å². The number of ketones is 1. The number of unbranched alkanes of at least 4 members (excludes halogenated alkanes) is 1. The SMILES string of the molecule is CC(=O)CCCCOc1ccc([N+](=O)[O-])cc1. The molecule has 1 aromatic rings. The lowest BCUT2D eigenvalue weighted by Crippen LogP contribution is -1.99. The molecule has 0 aromatic heterocycles. The van der Waals surface area contributed by atoms with E-state index in [0.29, 0.717) is 18.8 Å². The van der Waals surface area contributed by atoms with Gasteiger partial charge in [0, 0.05) is 18.6 Å². The molecule has 1 rings (SSSR count). The smallest absolute Gasteiger partial charge is 0.269 e. The van der Waals surface area contributed by atoms with Crippen molar-refractivity contribution in [3.05, 3.63) is 34.4 Å². The van der Waals surface area contributed by atoms with Crippen molar-refractivity contribution >= 4 is 11.5 Å². The summed E-state index contributed by atoms with van der Waals surface area (Å²) in [6.07, 6.45) is 2.18. The molecule has 0 aliphatic heterocycles. The molecular formula is C12H15NO4. The monoisotopic (exact) mass is 237 g/mol. The van der Waals surface area contributed by atoms with Gasteiger partial charge in [0.1, 0.15) is 11.5 Å². The van der Waals surface area contributed by atoms with Crippen molar-refractivity contribution < 1.29 is 14.5 Å². The van der Waals surface area contributed by atoms with Crippen molar-refractivity contribution in [2.75, 3.05) is 6.61 Å². The van der Waals surface area contributed by atoms with E-state index >= 15 is 0 Å². The molecule has 0 aliphatic rings. The quantitative estimate of drug-likeness (QED) is 0.415. The summed E-state index contributed by atoms with van der Waals surface area (Å²) in [6.45, 7) is 2.09. The first-order chi connectivity index (χ1) is 8.09. The van der Waals surface area contributed by atoms with E-state index in [1.54, 1.807) is 19.1 Å². The lowest BCUT2D eigenvalue weighted by atomic mass is 10.2. The van der Waals surface area contributed by atoms with Gasteiger partial charge in [-0.25, -0.2) is 0 Å². The van der Waals surface area contributed by atoms with Crippen LogP contribution in [0.15, 0.2) is 24.3 Å². The van der Waals surface area contributed by atoms with E-state index < -0.39 is 4.92 Å². The van der Waals surface area contributed by atoms with Gasteiger partial charge < -0.3 is 9.53 Å². The Kier molecular flexibility index (Phi) is 5.13. The maximum absolute atomic E-state index is 10.7. The largest absolute Gasteiger partial charge is 0.494 e.